The highest BCUT2D eigenvalue weighted by molar-refractivity contribution is 7.18. The van der Waals surface area contributed by atoms with Gasteiger partial charge >= 0.3 is 5.63 Å². The number of aliphatic hydroxyl groups excluding tert-OH is 1. The van der Waals surface area contributed by atoms with Gasteiger partial charge in [0.1, 0.15) is 0 Å². The van der Waals surface area contributed by atoms with Gasteiger partial charge < -0.3 is 14.8 Å². The van der Waals surface area contributed by atoms with Crippen LogP contribution in [0.3, 0.4) is 0 Å². The standard InChI is InChI=1S/C20H18N4O3S/c1-10-4-11(2)6-14(5-10)22-20-24-23-18(28-20)16-7-15-13(9-25)8-21-12(3)17(15)27-19(16)26/h4-8,25H,9H2,1-3H3,(H,22,24). The maximum absolute atomic E-state index is 12.5. The summed E-state index contributed by atoms with van der Waals surface area (Å²) in [6.45, 7) is 5.61. The number of aromatic nitrogens is 3. The van der Waals surface area contributed by atoms with Gasteiger partial charge in [0.2, 0.25) is 5.13 Å². The van der Waals surface area contributed by atoms with Crippen LogP contribution in [0.4, 0.5) is 10.8 Å². The van der Waals surface area contributed by atoms with E-state index in [0.717, 1.165) is 16.8 Å². The average molecular weight is 394 g/mol. The van der Waals surface area contributed by atoms with Crippen LogP contribution < -0.4 is 10.9 Å². The monoisotopic (exact) mass is 394 g/mol. The number of hydrogen-bond donors (Lipinski definition) is 2. The summed E-state index contributed by atoms with van der Waals surface area (Å²) in [4.78, 5) is 16.7. The van der Waals surface area contributed by atoms with E-state index in [9.17, 15) is 9.90 Å². The third-order valence-electron chi connectivity index (χ3n) is 4.34. The Bertz CT molecular complexity index is 1230. The van der Waals surface area contributed by atoms with E-state index >= 15 is 0 Å². The van der Waals surface area contributed by atoms with Crippen molar-refractivity contribution in [3.8, 4) is 10.6 Å². The molecule has 1 aromatic carbocycles. The minimum Gasteiger partial charge on any atom is -0.420 e. The molecule has 0 aliphatic carbocycles. The largest absolute Gasteiger partial charge is 0.420 e. The zero-order valence-corrected chi connectivity index (χ0v) is 16.4. The molecule has 142 valence electrons. The van der Waals surface area contributed by atoms with Gasteiger partial charge in [-0.15, -0.1) is 10.2 Å². The van der Waals surface area contributed by atoms with Gasteiger partial charge in [0.05, 0.1) is 17.9 Å². The molecule has 0 unspecified atom stereocenters. The lowest BCUT2D eigenvalue weighted by molar-refractivity contribution is 0.282. The van der Waals surface area contributed by atoms with Gasteiger partial charge in [-0.25, -0.2) is 4.79 Å². The Balaban J connectivity index is 1.75. The quantitative estimate of drug-likeness (QED) is 0.542. The van der Waals surface area contributed by atoms with Gasteiger partial charge in [-0.3, -0.25) is 4.98 Å². The first-order valence-electron chi connectivity index (χ1n) is 8.67. The molecule has 4 aromatic rings. The van der Waals surface area contributed by atoms with Gasteiger partial charge in [0, 0.05) is 22.8 Å². The van der Waals surface area contributed by atoms with Crippen LogP contribution in [0.1, 0.15) is 22.4 Å². The number of benzene rings is 1. The third-order valence-corrected chi connectivity index (χ3v) is 5.21. The average Bonchev–Trinajstić information content (AvgIpc) is 3.09. The molecule has 3 heterocycles. The van der Waals surface area contributed by atoms with E-state index in [4.69, 9.17) is 4.42 Å². The van der Waals surface area contributed by atoms with E-state index in [2.05, 4.69) is 26.6 Å². The van der Waals surface area contributed by atoms with Crippen LogP contribution in [0.2, 0.25) is 0 Å². The van der Waals surface area contributed by atoms with E-state index in [1.54, 1.807) is 19.2 Å². The minimum absolute atomic E-state index is 0.202. The molecule has 0 aliphatic rings. The second-order valence-electron chi connectivity index (χ2n) is 6.63. The van der Waals surface area contributed by atoms with Crippen molar-refractivity contribution in [3.05, 3.63) is 63.3 Å². The molecule has 0 saturated carbocycles. The smallest absolute Gasteiger partial charge is 0.346 e. The van der Waals surface area contributed by atoms with Crippen LogP contribution in [0.5, 0.6) is 0 Å². The molecule has 0 spiro atoms. The van der Waals surface area contributed by atoms with Gasteiger partial charge in [-0.05, 0) is 50.1 Å². The summed E-state index contributed by atoms with van der Waals surface area (Å²) in [6.07, 6.45) is 1.58. The van der Waals surface area contributed by atoms with Crippen molar-refractivity contribution in [3.63, 3.8) is 0 Å². The number of nitrogens with zero attached hydrogens (tertiary/aromatic N) is 3. The highest BCUT2D eigenvalue weighted by Crippen LogP contribution is 2.30. The second kappa shape index (κ2) is 7.14. The number of aliphatic hydroxyl groups is 1. The molecule has 0 bridgehead atoms. The highest BCUT2D eigenvalue weighted by Gasteiger charge is 2.16. The number of anilines is 2. The lowest BCUT2D eigenvalue weighted by Crippen LogP contribution is -2.05. The van der Waals surface area contributed by atoms with Crippen molar-refractivity contribution in [2.75, 3.05) is 5.32 Å². The van der Waals surface area contributed by atoms with E-state index in [0.29, 0.717) is 37.9 Å². The first-order chi connectivity index (χ1) is 13.4. The summed E-state index contributed by atoms with van der Waals surface area (Å²) in [5, 5.41) is 22.8. The van der Waals surface area contributed by atoms with Crippen LogP contribution in [0.25, 0.3) is 21.5 Å². The zero-order valence-electron chi connectivity index (χ0n) is 15.6. The fourth-order valence-corrected chi connectivity index (χ4v) is 3.88. The number of hydrogen-bond acceptors (Lipinski definition) is 8. The molecule has 0 radical (unpaired) electrons. The van der Waals surface area contributed by atoms with E-state index < -0.39 is 5.63 Å². The predicted molar refractivity (Wildman–Crippen MR) is 109 cm³/mol. The lowest BCUT2D eigenvalue weighted by Gasteiger charge is -2.06. The highest BCUT2D eigenvalue weighted by atomic mass is 32.1. The van der Waals surface area contributed by atoms with E-state index in [1.807, 2.05) is 26.0 Å². The van der Waals surface area contributed by atoms with Crippen molar-refractivity contribution >= 4 is 33.1 Å². The fraction of sp³-hybridized carbons (Fsp3) is 0.200. The molecule has 3 aromatic heterocycles. The predicted octanol–water partition coefficient (Wildman–Crippen LogP) is 3.87. The summed E-state index contributed by atoms with van der Waals surface area (Å²) < 4.78 is 5.47. The van der Waals surface area contributed by atoms with E-state index in [-0.39, 0.29) is 6.61 Å². The maximum Gasteiger partial charge on any atom is 0.346 e. The maximum atomic E-state index is 12.5. The molecule has 0 atom stereocenters. The van der Waals surface area contributed by atoms with Gasteiger partial charge in [0.25, 0.3) is 0 Å². The molecule has 0 saturated heterocycles. The Hall–Kier alpha value is -3.10. The zero-order chi connectivity index (χ0) is 19.8. The number of nitrogens with one attached hydrogen (secondary N) is 1. The molecule has 8 heteroatoms. The molecule has 0 fully saturated rings. The molecule has 0 amide bonds. The number of fused-ring (bicyclic) bond motifs is 1. The summed E-state index contributed by atoms with van der Waals surface area (Å²) >= 11 is 1.26. The Morgan fingerprint density at radius 1 is 1.11 bits per heavy atom. The Labute approximate surface area is 164 Å². The van der Waals surface area contributed by atoms with Crippen molar-refractivity contribution in [1.29, 1.82) is 0 Å². The SMILES string of the molecule is Cc1cc(C)cc(Nc2nnc(-c3cc4c(CO)cnc(C)c4oc3=O)s2)c1. The van der Waals surface area contributed by atoms with Crippen molar-refractivity contribution in [1.82, 2.24) is 15.2 Å². The molecule has 2 N–H and O–H groups in total. The minimum atomic E-state index is -0.512. The van der Waals surface area contributed by atoms with Crippen LogP contribution in [-0.2, 0) is 6.61 Å². The molecular formula is C20H18N4O3S. The van der Waals surface area contributed by atoms with Crippen molar-refractivity contribution in [2.24, 2.45) is 0 Å². The third kappa shape index (κ3) is 3.39. The number of aryl methyl sites for hydroxylation is 3. The summed E-state index contributed by atoms with van der Waals surface area (Å²) in [5.74, 6) is 0. The lowest BCUT2D eigenvalue weighted by atomic mass is 10.1. The Morgan fingerprint density at radius 3 is 2.57 bits per heavy atom. The van der Waals surface area contributed by atoms with Crippen LogP contribution >= 0.6 is 11.3 Å². The second-order valence-corrected chi connectivity index (χ2v) is 7.61. The molecule has 28 heavy (non-hydrogen) atoms. The molecule has 4 rings (SSSR count). The van der Waals surface area contributed by atoms with Crippen LogP contribution in [-0.4, -0.2) is 20.3 Å². The first-order valence-corrected chi connectivity index (χ1v) is 9.48. The summed E-state index contributed by atoms with van der Waals surface area (Å²) in [6, 6.07) is 7.80. The van der Waals surface area contributed by atoms with Crippen LogP contribution in [0.15, 0.2) is 39.7 Å². The summed E-state index contributed by atoms with van der Waals surface area (Å²) in [7, 11) is 0. The molecule has 0 aliphatic heterocycles. The fourth-order valence-electron chi connectivity index (χ4n) is 3.11. The molecular weight excluding hydrogens is 376 g/mol. The molecule has 7 nitrogen and oxygen atoms in total. The normalized spacial score (nSPS) is 11.1. The topological polar surface area (TPSA) is 101 Å². The van der Waals surface area contributed by atoms with Gasteiger partial charge in [-0.1, -0.05) is 17.4 Å². The summed E-state index contributed by atoms with van der Waals surface area (Å²) in [5.41, 5.74) is 4.54. The van der Waals surface area contributed by atoms with Crippen molar-refractivity contribution in [2.45, 2.75) is 27.4 Å². The number of rotatable bonds is 4. The first kappa shape index (κ1) is 18.3. The Morgan fingerprint density at radius 2 is 1.86 bits per heavy atom. The van der Waals surface area contributed by atoms with E-state index in [1.165, 1.54) is 11.3 Å². The van der Waals surface area contributed by atoms with Gasteiger partial charge in [0.15, 0.2) is 10.6 Å². The van der Waals surface area contributed by atoms with Crippen LogP contribution in [0, 0.1) is 20.8 Å². The number of pyridine rings is 1. The van der Waals surface area contributed by atoms with Crippen molar-refractivity contribution < 1.29 is 9.52 Å². The van der Waals surface area contributed by atoms with Gasteiger partial charge in [-0.2, -0.15) is 0 Å². The Kier molecular flexibility index (Phi) is 4.66.